The van der Waals surface area contributed by atoms with Gasteiger partial charge in [0.2, 0.25) is 0 Å². The van der Waals surface area contributed by atoms with Crippen molar-refractivity contribution in [1.82, 2.24) is 4.90 Å². The van der Waals surface area contributed by atoms with Gasteiger partial charge in [-0.25, -0.2) is 0 Å². The van der Waals surface area contributed by atoms with E-state index in [-0.39, 0.29) is 0 Å². The molecule has 0 heterocycles. The van der Waals surface area contributed by atoms with E-state index >= 15 is 0 Å². The van der Waals surface area contributed by atoms with E-state index in [0.717, 1.165) is 5.92 Å². The Morgan fingerprint density at radius 2 is 1.61 bits per heavy atom. The van der Waals surface area contributed by atoms with Crippen LogP contribution in [0.2, 0.25) is 0 Å². The van der Waals surface area contributed by atoms with Gasteiger partial charge < -0.3 is 4.90 Å². The molecule has 102 valence electrons. The van der Waals surface area contributed by atoms with Crippen LogP contribution in [0.15, 0.2) is 30.3 Å². The Balaban J connectivity index is 2.24. The number of hydrogen-bond donors (Lipinski definition) is 0. The Labute approximate surface area is 113 Å². The van der Waals surface area contributed by atoms with Crippen LogP contribution in [0.4, 0.5) is 0 Å². The van der Waals surface area contributed by atoms with Crippen LogP contribution in [0.25, 0.3) is 0 Å². The molecule has 0 N–H and O–H groups in total. The number of rotatable bonds is 8. The van der Waals surface area contributed by atoms with Gasteiger partial charge in [0.1, 0.15) is 0 Å². The van der Waals surface area contributed by atoms with Gasteiger partial charge in [0.25, 0.3) is 0 Å². The van der Waals surface area contributed by atoms with E-state index in [4.69, 9.17) is 0 Å². The van der Waals surface area contributed by atoms with Gasteiger partial charge in [-0.15, -0.1) is 0 Å². The fourth-order valence-corrected chi connectivity index (χ4v) is 2.12. The first-order chi connectivity index (χ1) is 8.63. The summed E-state index contributed by atoms with van der Waals surface area (Å²) in [7, 11) is 2.25. The third-order valence-electron chi connectivity index (χ3n) is 4.01. The quantitative estimate of drug-likeness (QED) is 0.651. The zero-order chi connectivity index (χ0) is 13.4. The summed E-state index contributed by atoms with van der Waals surface area (Å²) in [6.45, 7) is 9.39. The van der Waals surface area contributed by atoms with Crippen molar-refractivity contribution in [3.05, 3.63) is 35.9 Å². The molecule has 0 aromatic heterocycles. The van der Waals surface area contributed by atoms with E-state index in [1.807, 2.05) is 0 Å². The van der Waals surface area contributed by atoms with Crippen LogP contribution in [-0.4, -0.2) is 25.0 Å². The first kappa shape index (κ1) is 15.2. The summed E-state index contributed by atoms with van der Waals surface area (Å²) in [5.74, 6) is 1.52. The molecule has 2 atom stereocenters. The van der Waals surface area contributed by atoms with Crippen LogP contribution >= 0.6 is 0 Å². The van der Waals surface area contributed by atoms with Crippen LogP contribution in [0, 0.1) is 5.92 Å². The van der Waals surface area contributed by atoms with Crippen LogP contribution in [0.3, 0.4) is 0 Å². The topological polar surface area (TPSA) is 3.24 Å². The molecule has 0 saturated heterocycles. The Hall–Kier alpha value is -0.820. The molecule has 0 aliphatic carbocycles. The molecule has 1 aromatic rings. The van der Waals surface area contributed by atoms with Gasteiger partial charge in [-0.3, -0.25) is 0 Å². The minimum absolute atomic E-state index is 0.664. The van der Waals surface area contributed by atoms with Gasteiger partial charge in [-0.2, -0.15) is 0 Å². The molecular formula is C17H29N. The largest absolute Gasteiger partial charge is 0.306 e. The Morgan fingerprint density at radius 1 is 1.00 bits per heavy atom. The van der Waals surface area contributed by atoms with Crippen molar-refractivity contribution in [3.8, 4) is 0 Å². The van der Waals surface area contributed by atoms with Gasteiger partial charge in [0.05, 0.1) is 0 Å². The van der Waals surface area contributed by atoms with E-state index < -0.39 is 0 Å². The predicted molar refractivity (Wildman–Crippen MR) is 81.0 cm³/mol. The SMILES string of the molecule is CCC(C)CCN(C)CCC(C)c1ccccc1. The number of nitrogens with zero attached hydrogens (tertiary/aromatic N) is 1. The highest BCUT2D eigenvalue weighted by molar-refractivity contribution is 5.18. The molecule has 0 amide bonds. The van der Waals surface area contributed by atoms with Gasteiger partial charge in [0, 0.05) is 0 Å². The van der Waals surface area contributed by atoms with E-state index in [2.05, 4.69) is 63.1 Å². The van der Waals surface area contributed by atoms with Crippen molar-refractivity contribution in [2.75, 3.05) is 20.1 Å². The minimum Gasteiger partial charge on any atom is -0.306 e. The highest BCUT2D eigenvalue weighted by atomic mass is 15.1. The Morgan fingerprint density at radius 3 is 2.22 bits per heavy atom. The van der Waals surface area contributed by atoms with Crippen molar-refractivity contribution in [1.29, 1.82) is 0 Å². The molecule has 0 aliphatic heterocycles. The summed E-state index contributed by atoms with van der Waals surface area (Å²) >= 11 is 0. The van der Waals surface area contributed by atoms with Crippen LogP contribution in [0.5, 0.6) is 0 Å². The van der Waals surface area contributed by atoms with Gasteiger partial charge in [-0.1, -0.05) is 57.5 Å². The molecule has 0 aliphatic rings. The normalized spacial score (nSPS) is 14.7. The molecule has 1 nitrogen and oxygen atoms in total. The monoisotopic (exact) mass is 247 g/mol. The lowest BCUT2D eigenvalue weighted by molar-refractivity contribution is 0.293. The molecule has 18 heavy (non-hydrogen) atoms. The maximum absolute atomic E-state index is 2.48. The zero-order valence-electron chi connectivity index (χ0n) is 12.5. The fourth-order valence-electron chi connectivity index (χ4n) is 2.12. The molecule has 1 aromatic carbocycles. The Bertz CT molecular complexity index is 307. The van der Waals surface area contributed by atoms with E-state index in [0.29, 0.717) is 5.92 Å². The number of benzene rings is 1. The average Bonchev–Trinajstić information content (AvgIpc) is 2.42. The molecule has 0 saturated carbocycles. The molecule has 0 spiro atoms. The van der Waals surface area contributed by atoms with Crippen molar-refractivity contribution in [2.24, 2.45) is 5.92 Å². The standard InChI is InChI=1S/C17H29N/c1-5-15(2)11-13-18(4)14-12-16(3)17-9-7-6-8-10-17/h6-10,15-16H,5,11-14H2,1-4H3. The summed E-state index contributed by atoms with van der Waals surface area (Å²) in [4.78, 5) is 2.48. The predicted octanol–water partition coefficient (Wildman–Crippen LogP) is 4.55. The van der Waals surface area contributed by atoms with Crippen molar-refractivity contribution >= 4 is 0 Å². The maximum atomic E-state index is 2.48. The van der Waals surface area contributed by atoms with Crippen molar-refractivity contribution < 1.29 is 0 Å². The lowest BCUT2D eigenvalue weighted by Gasteiger charge is -2.21. The minimum atomic E-state index is 0.664. The third kappa shape index (κ3) is 5.68. The summed E-state index contributed by atoms with van der Waals surface area (Å²) in [6, 6.07) is 10.8. The van der Waals surface area contributed by atoms with Crippen molar-refractivity contribution in [3.63, 3.8) is 0 Å². The third-order valence-corrected chi connectivity index (χ3v) is 4.01. The lowest BCUT2D eigenvalue weighted by atomic mass is 9.97. The van der Waals surface area contributed by atoms with Crippen LogP contribution < -0.4 is 0 Å². The summed E-state index contributed by atoms with van der Waals surface area (Å²) in [6.07, 6.45) is 3.88. The molecule has 0 fully saturated rings. The fraction of sp³-hybridized carbons (Fsp3) is 0.647. The summed E-state index contributed by atoms with van der Waals surface area (Å²) in [5.41, 5.74) is 1.47. The second-order valence-corrected chi connectivity index (χ2v) is 5.71. The molecule has 1 rings (SSSR count). The van der Waals surface area contributed by atoms with Crippen molar-refractivity contribution in [2.45, 2.75) is 46.0 Å². The molecule has 0 bridgehead atoms. The molecule has 1 heteroatoms. The second kappa shape index (κ2) is 8.31. The van der Waals surface area contributed by atoms with E-state index in [1.54, 1.807) is 0 Å². The highest BCUT2D eigenvalue weighted by Crippen LogP contribution is 2.18. The first-order valence-electron chi connectivity index (χ1n) is 7.37. The first-order valence-corrected chi connectivity index (χ1v) is 7.37. The zero-order valence-corrected chi connectivity index (χ0v) is 12.5. The van der Waals surface area contributed by atoms with Gasteiger partial charge in [-0.05, 0) is 50.4 Å². The van der Waals surface area contributed by atoms with Crippen LogP contribution in [0.1, 0.15) is 51.5 Å². The Kier molecular flexibility index (Phi) is 7.04. The summed E-state index contributed by atoms with van der Waals surface area (Å²) in [5, 5.41) is 0. The van der Waals surface area contributed by atoms with Gasteiger partial charge in [0.15, 0.2) is 0 Å². The lowest BCUT2D eigenvalue weighted by Crippen LogP contribution is -2.23. The molecule has 0 radical (unpaired) electrons. The second-order valence-electron chi connectivity index (χ2n) is 5.71. The van der Waals surface area contributed by atoms with Crippen LogP contribution in [-0.2, 0) is 0 Å². The molecular weight excluding hydrogens is 218 g/mol. The maximum Gasteiger partial charge on any atom is -0.00161 e. The van der Waals surface area contributed by atoms with Gasteiger partial charge >= 0.3 is 0 Å². The average molecular weight is 247 g/mol. The van der Waals surface area contributed by atoms with E-state index in [9.17, 15) is 0 Å². The summed E-state index contributed by atoms with van der Waals surface area (Å²) < 4.78 is 0. The molecule has 2 unspecified atom stereocenters. The van der Waals surface area contributed by atoms with E-state index in [1.165, 1.54) is 37.9 Å². The number of hydrogen-bond acceptors (Lipinski definition) is 1. The smallest absolute Gasteiger partial charge is 0.00161 e. The highest BCUT2D eigenvalue weighted by Gasteiger charge is 2.07.